The second-order valence-corrected chi connectivity index (χ2v) is 8.63. The van der Waals surface area contributed by atoms with Gasteiger partial charge in [-0.15, -0.1) is 0 Å². The van der Waals surface area contributed by atoms with Crippen molar-refractivity contribution in [1.29, 1.82) is 0 Å². The lowest BCUT2D eigenvalue weighted by atomic mass is 10.1. The maximum Gasteiger partial charge on any atom is 0.241 e. The number of rotatable bonds is 6. The van der Waals surface area contributed by atoms with Crippen molar-refractivity contribution >= 4 is 21.6 Å². The van der Waals surface area contributed by atoms with Crippen LogP contribution in [0.4, 0.5) is 5.69 Å². The molecule has 0 radical (unpaired) electrons. The van der Waals surface area contributed by atoms with Crippen molar-refractivity contribution in [2.75, 3.05) is 11.4 Å². The van der Waals surface area contributed by atoms with Gasteiger partial charge in [0.05, 0.1) is 17.5 Å². The minimum absolute atomic E-state index is 0.0468. The van der Waals surface area contributed by atoms with E-state index in [1.54, 1.807) is 34.1 Å². The fourth-order valence-electron chi connectivity index (χ4n) is 3.54. The summed E-state index contributed by atoms with van der Waals surface area (Å²) in [5, 5.41) is 4.09. The highest BCUT2D eigenvalue weighted by atomic mass is 32.2. The van der Waals surface area contributed by atoms with Gasteiger partial charge >= 0.3 is 0 Å². The minimum atomic E-state index is -3.79. The number of sulfonamides is 1. The number of carbonyl (C=O) groups excluding carboxylic acids is 1. The van der Waals surface area contributed by atoms with Crippen LogP contribution < -0.4 is 9.62 Å². The van der Waals surface area contributed by atoms with E-state index in [1.165, 1.54) is 13.3 Å². The molecule has 0 spiro atoms. The van der Waals surface area contributed by atoms with Crippen LogP contribution in [-0.2, 0) is 27.8 Å². The number of amides is 1. The zero-order chi connectivity index (χ0) is 20.4. The molecule has 0 saturated carbocycles. The van der Waals surface area contributed by atoms with Gasteiger partial charge in [-0.2, -0.15) is 5.10 Å². The third-order valence-corrected chi connectivity index (χ3v) is 6.44. The fraction of sp³-hybridized carbons (Fsp3) is 0.250. The van der Waals surface area contributed by atoms with Crippen LogP contribution in [0.1, 0.15) is 24.1 Å². The molecule has 1 aromatic heterocycles. The minimum Gasteiger partial charge on any atom is -0.312 e. The molecule has 1 amide bonds. The van der Waals surface area contributed by atoms with Gasteiger partial charge < -0.3 is 4.90 Å². The Bertz CT molecular complexity index is 1110. The maximum atomic E-state index is 13.1. The highest BCUT2D eigenvalue weighted by Gasteiger charge is 2.27. The second-order valence-electron chi connectivity index (χ2n) is 6.91. The van der Waals surface area contributed by atoms with Crippen molar-refractivity contribution in [3.05, 3.63) is 72.3 Å². The summed E-state index contributed by atoms with van der Waals surface area (Å²) >= 11 is 0. The Kier molecular flexibility index (Phi) is 5.16. The molecule has 0 fully saturated rings. The van der Waals surface area contributed by atoms with E-state index in [0.717, 1.165) is 16.8 Å². The van der Waals surface area contributed by atoms with Crippen LogP contribution in [0.2, 0.25) is 0 Å². The monoisotopic (exact) mass is 411 g/mol. The van der Waals surface area contributed by atoms with E-state index in [4.69, 9.17) is 0 Å². The van der Waals surface area contributed by atoms with Gasteiger partial charge in [0, 0.05) is 19.2 Å². The lowest BCUT2D eigenvalue weighted by molar-refractivity contribution is -0.116. The summed E-state index contributed by atoms with van der Waals surface area (Å²) in [7, 11) is -3.79. The molecule has 1 aliphatic heterocycles. The highest BCUT2D eigenvalue weighted by Crippen LogP contribution is 2.30. The van der Waals surface area contributed by atoms with Crippen molar-refractivity contribution in [1.82, 2.24) is 19.5 Å². The van der Waals surface area contributed by atoms with Crippen molar-refractivity contribution in [2.45, 2.75) is 30.8 Å². The molecular formula is C20H21N5O3S. The quantitative estimate of drug-likeness (QED) is 0.668. The summed E-state index contributed by atoms with van der Waals surface area (Å²) in [6, 6.07) is 13.7. The molecule has 0 saturated heterocycles. The van der Waals surface area contributed by atoms with Gasteiger partial charge in [0.2, 0.25) is 15.9 Å². The number of hydrogen-bond donors (Lipinski definition) is 1. The number of anilines is 1. The number of aromatic nitrogens is 3. The normalized spacial score (nSPS) is 14.6. The van der Waals surface area contributed by atoms with Gasteiger partial charge in [-0.3, -0.25) is 9.48 Å². The van der Waals surface area contributed by atoms with Gasteiger partial charge in [-0.05, 0) is 35.7 Å². The summed E-state index contributed by atoms with van der Waals surface area (Å²) in [6.45, 7) is 2.39. The molecule has 1 N–H and O–H groups in total. The number of hydrogen-bond acceptors (Lipinski definition) is 5. The highest BCUT2D eigenvalue weighted by molar-refractivity contribution is 7.89. The van der Waals surface area contributed by atoms with E-state index in [2.05, 4.69) is 14.8 Å². The average molecular weight is 411 g/mol. The van der Waals surface area contributed by atoms with E-state index in [-0.39, 0.29) is 10.8 Å². The topological polar surface area (TPSA) is 97.2 Å². The second kappa shape index (κ2) is 7.76. The number of carbonyl (C=O) groups is 1. The zero-order valence-electron chi connectivity index (χ0n) is 15.9. The molecule has 9 heteroatoms. The Morgan fingerprint density at radius 3 is 2.69 bits per heavy atom. The zero-order valence-corrected chi connectivity index (χ0v) is 16.7. The maximum absolute atomic E-state index is 13.1. The molecule has 1 unspecified atom stereocenters. The number of nitrogens with zero attached hydrogens (tertiary/aromatic N) is 4. The molecule has 2 aromatic carbocycles. The van der Waals surface area contributed by atoms with Crippen molar-refractivity contribution < 1.29 is 13.2 Å². The van der Waals surface area contributed by atoms with Crippen molar-refractivity contribution in [2.24, 2.45) is 0 Å². The van der Waals surface area contributed by atoms with Crippen LogP contribution in [0.3, 0.4) is 0 Å². The molecule has 29 heavy (non-hydrogen) atoms. The fourth-order valence-corrected chi connectivity index (χ4v) is 4.80. The Balaban J connectivity index is 1.63. The van der Waals surface area contributed by atoms with Crippen molar-refractivity contribution in [3.63, 3.8) is 0 Å². The van der Waals surface area contributed by atoms with Gasteiger partial charge in [-0.1, -0.05) is 30.3 Å². The SMILES string of the molecule is CC(=O)N1CCc2cc(S(=O)(=O)NC(Cn3cncn3)c3ccccc3)ccc21. The number of nitrogens with one attached hydrogen (secondary N) is 1. The molecular weight excluding hydrogens is 390 g/mol. The van der Waals surface area contributed by atoms with E-state index in [9.17, 15) is 13.2 Å². The third kappa shape index (κ3) is 4.06. The summed E-state index contributed by atoms with van der Waals surface area (Å²) in [5.74, 6) is -0.0468. The molecule has 8 nitrogen and oxygen atoms in total. The third-order valence-electron chi connectivity index (χ3n) is 4.97. The van der Waals surface area contributed by atoms with Gasteiger partial charge in [0.15, 0.2) is 0 Å². The molecule has 2 heterocycles. The first kappa shape index (κ1) is 19.3. The van der Waals surface area contributed by atoms with E-state index in [0.29, 0.717) is 19.5 Å². The Morgan fingerprint density at radius 1 is 1.21 bits per heavy atom. The first-order valence-corrected chi connectivity index (χ1v) is 10.7. The average Bonchev–Trinajstić information content (AvgIpc) is 3.37. The summed E-state index contributed by atoms with van der Waals surface area (Å²) in [4.78, 5) is 17.5. The van der Waals surface area contributed by atoms with Crippen LogP contribution in [0.15, 0.2) is 66.1 Å². The van der Waals surface area contributed by atoms with Crippen LogP contribution in [0, 0.1) is 0 Å². The Hall–Kier alpha value is -3.04. The Morgan fingerprint density at radius 2 is 2.00 bits per heavy atom. The van der Waals surface area contributed by atoms with Crippen molar-refractivity contribution in [3.8, 4) is 0 Å². The Labute approximate surface area is 169 Å². The predicted molar refractivity (Wildman–Crippen MR) is 108 cm³/mol. The molecule has 4 rings (SSSR count). The van der Waals surface area contributed by atoms with E-state index in [1.807, 2.05) is 30.3 Å². The standard InChI is InChI=1S/C20H21N5O3S/c1-15(26)25-10-9-17-11-18(7-8-20(17)25)29(27,28)23-19(12-24-14-21-13-22-24)16-5-3-2-4-6-16/h2-8,11,13-14,19,23H,9-10,12H2,1H3. The smallest absolute Gasteiger partial charge is 0.241 e. The van der Waals surface area contributed by atoms with E-state index >= 15 is 0 Å². The summed E-state index contributed by atoms with van der Waals surface area (Å²) < 4.78 is 30.6. The number of benzene rings is 2. The molecule has 0 bridgehead atoms. The van der Waals surface area contributed by atoms with Gasteiger partial charge in [0.1, 0.15) is 12.7 Å². The lowest BCUT2D eigenvalue weighted by Crippen LogP contribution is -2.31. The summed E-state index contributed by atoms with van der Waals surface area (Å²) in [5.41, 5.74) is 2.46. The number of fused-ring (bicyclic) bond motifs is 1. The molecule has 0 aliphatic carbocycles. The van der Waals surface area contributed by atoms with E-state index < -0.39 is 16.1 Å². The largest absolute Gasteiger partial charge is 0.312 e. The van der Waals surface area contributed by atoms with Gasteiger partial charge in [-0.25, -0.2) is 18.1 Å². The van der Waals surface area contributed by atoms with Crippen LogP contribution in [0.25, 0.3) is 0 Å². The van der Waals surface area contributed by atoms with Crippen LogP contribution >= 0.6 is 0 Å². The van der Waals surface area contributed by atoms with Gasteiger partial charge in [0.25, 0.3) is 0 Å². The molecule has 3 aromatic rings. The molecule has 1 atom stereocenters. The first-order chi connectivity index (χ1) is 13.9. The van der Waals surface area contributed by atoms with Crippen LogP contribution in [-0.4, -0.2) is 35.6 Å². The van der Waals surface area contributed by atoms with Crippen LogP contribution in [0.5, 0.6) is 0 Å². The predicted octanol–water partition coefficient (Wildman–Crippen LogP) is 1.91. The molecule has 150 valence electrons. The summed E-state index contributed by atoms with van der Waals surface area (Å²) in [6.07, 6.45) is 3.60. The first-order valence-electron chi connectivity index (χ1n) is 9.25. The molecule has 1 aliphatic rings. The lowest BCUT2D eigenvalue weighted by Gasteiger charge is -2.20.